The standard InChI is InChI=1S/C27H37FN6OS/c1-6-14-34(15-7-2)16-13-30-26-23(20-11-12-25(29-3)24(28)17-20)19-31-27(33-26)32-21-9-8-10-22(18-21)36(4,5)35/h8-12,17-19,29H,4,6-7,13-16H2,1-3,5H3,(H2,30,31,32,33). The van der Waals surface area contributed by atoms with Gasteiger partial charge in [0.05, 0.1) is 5.69 Å². The lowest BCUT2D eigenvalue weighted by Crippen LogP contribution is -2.30. The summed E-state index contributed by atoms with van der Waals surface area (Å²) in [6.45, 7) is 8.01. The van der Waals surface area contributed by atoms with E-state index in [0.29, 0.717) is 45.7 Å². The Morgan fingerprint density at radius 1 is 1.08 bits per heavy atom. The van der Waals surface area contributed by atoms with E-state index in [2.05, 4.69) is 45.6 Å². The van der Waals surface area contributed by atoms with Crippen molar-refractivity contribution >= 4 is 38.5 Å². The SMILES string of the molecule is C=S(C)(=O)c1cccc(Nc2ncc(-c3ccc(NC)c(F)c3)c(NCCN(CCC)CCC)n2)c1. The number of benzene rings is 2. The first-order valence-electron chi connectivity index (χ1n) is 12.3. The molecule has 0 aliphatic carbocycles. The molecule has 3 aromatic rings. The van der Waals surface area contributed by atoms with Crippen LogP contribution in [0.4, 0.5) is 27.5 Å². The Balaban J connectivity index is 1.90. The second-order valence-electron chi connectivity index (χ2n) is 8.83. The van der Waals surface area contributed by atoms with E-state index >= 15 is 0 Å². The fourth-order valence-electron chi connectivity index (χ4n) is 3.95. The molecule has 0 saturated carbocycles. The Bertz CT molecular complexity index is 1260. The van der Waals surface area contributed by atoms with Crippen molar-refractivity contribution in [3.63, 3.8) is 0 Å². The smallest absolute Gasteiger partial charge is 0.229 e. The predicted octanol–water partition coefficient (Wildman–Crippen LogP) is 5.31. The molecule has 0 spiro atoms. The molecule has 0 aliphatic heterocycles. The Labute approximate surface area is 214 Å². The first-order valence-corrected chi connectivity index (χ1v) is 14.4. The van der Waals surface area contributed by atoms with Crippen molar-refractivity contribution in [1.29, 1.82) is 0 Å². The molecule has 3 N–H and O–H groups in total. The summed E-state index contributed by atoms with van der Waals surface area (Å²) < 4.78 is 26.9. The molecule has 36 heavy (non-hydrogen) atoms. The molecule has 7 nitrogen and oxygen atoms in total. The van der Waals surface area contributed by atoms with Gasteiger partial charge in [-0.2, -0.15) is 4.98 Å². The van der Waals surface area contributed by atoms with E-state index in [1.165, 1.54) is 6.07 Å². The van der Waals surface area contributed by atoms with Crippen molar-refractivity contribution in [3.05, 3.63) is 54.5 Å². The number of hydrogen-bond acceptors (Lipinski definition) is 7. The molecular weight excluding hydrogens is 475 g/mol. The summed E-state index contributed by atoms with van der Waals surface area (Å²) in [6, 6.07) is 12.3. The van der Waals surface area contributed by atoms with Crippen LogP contribution in [0.1, 0.15) is 26.7 Å². The van der Waals surface area contributed by atoms with Gasteiger partial charge in [0.2, 0.25) is 5.95 Å². The molecule has 1 unspecified atom stereocenters. The van der Waals surface area contributed by atoms with Gasteiger partial charge in [0.25, 0.3) is 0 Å². The number of halogens is 1. The molecule has 0 saturated heterocycles. The molecular formula is C27H37FN6OS. The number of hydrogen-bond donors (Lipinski definition) is 3. The van der Waals surface area contributed by atoms with Crippen LogP contribution in [0.15, 0.2) is 53.6 Å². The highest BCUT2D eigenvalue weighted by molar-refractivity contribution is 7.99. The topological polar surface area (TPSA) is 82.2 Å². The molecule has 9 heteroatoms. The van der Waals surface area contributed by atoms with Crippen LogP contribution in [0, 0.1) is 5.82 Å². The highest BCUT2D eigenvalue weighted by Gasteiger charge is 2.13. The lowest BCUT2D eigenvalue weighted by Gasteiger charge is -2.21. The van der Waals surface area contributed by atoms with Gasteiger partial charge in [0.1, 0.15) is 11.6 Å². The first kappa shape index (κ1) is 27.4. The Morgan fingerprint density at radius 2 is 1.83 bits per heavy atom. The average Bonchev–Trinajstić information content (AvgIpc) is 2.84. The fraction of sp³-hybridized carbons (Fsp3) is 0.370. The van der Waals surface area contributed by atoms with E-state index in [4.69, 9.17) is 4.98 Å². The minimum Gasteiger partial charge on any atom is -0.386 e. The second-order valence-corrected chi connectivity index (χ2v) is 11.3. The maximum atomic E-state index is 14.5. The number of rotatable bonds is 13. The molecule has 1 heterocycles. The average molecular weight is 513 g/mol. The molecule has 1 atom stereocenters. The highest BCUT2D eigenvalue weighted by atomic mass is 32.2. The molecule has 194 valence electrons. The summed E-state index contributed by atoms with van der Waals surface area (Å²) in [4.78, 5) is 12.3. The van der Waals surface area contributed by atoms with Gasteiger partial charge in [-0.1, -0.05) is 26.0 Å². The molecule has 1 aromatic heterocycles. The molecule has 0 bridgehead atoms. The second kappa shape index (κ2) is 12.7. The minimum absolute atomic E-state index is 0.339. The normalized spacial score (nSPS) is 12.8. The van der Waals surface area contributed by atoms with E-state index in [-0.39, 0.29) is 5.82 Å². The number of nitrogens with one attached hydrogen (secondary N) is 3. The third kappa shape index (κ3) is 7.41. The van der Waals surface area contributed by atoms with Crippen molar-refractivity contribution < 1.29 is 8.60 Å². The molecule has 0 amide bonds. The van der Waals surface area contributed by atoms with E-state index < -0.39 is 9.52 Å². The maximum absolute atomic E-state index is 14.5. The Hall–Kier alpha value is -3.17. The van der Waals surface area contributed by atoms with Crippen LogP contribution in [0.2, 0.25) is 0 Å². The zero-order valence-corrected chi connectivity index (χ0v) is 22.4. The van der Waals surface area contributed by atoms with Gasteiger partial charge < -0.3 is 20.9 Å². The third-order valence-corrected chi connectivity index (χ3v) is 6.98. The number of nitrogens with zero attached hydrogens (tertiary/aromatic N) is 3. The van der Waals surface area contributed by atoms with E-state index in [1.54, 1.807) is 37.7 Å². The fourth-order valence-corrected chi connectivity index (χ4v) is 4.69. The van der Waals surface area contributed by atoms with Gasteiger partial charge in [-0.15, -0.1) is 0 Å². The predicted molar refractivity (Wildman–Crippen MR) is 152 cm³/mol. The largest absolute Gasteiger partial charge is 0.386 e. The van der Waals surface area contributed by atoms with Crippen molar-refractivity contribution in [2.75, 3.05) is 55.4 Å². The highest BCUT2D eigenvalue weighted by Crippen LogP contribution is 2.30. The van der Waals surface area contributed by atoms with E-state index in [9.17, 15) is 8.60 Å². The van der Waals surface area contributed by atoms with Gasteiger partial charge in [-0.05, 0) is 77.2 Å². The van der Waals surface area contributed by atoms with Gasteiger partial charge in [-0.3, -0.25) is 4.21 Å². The summed E-state index contributed by atoms with van der Waals surface area (Å²) in [5.41, 5.74) is 2.54. The molecule has 0 aliphatic rings. The lowest BCUT2D eigenvalue weighted by molar-refractivity contribution is 0.285. The quantitative estimate of drug-likeness (QED) is 0.268. The van der Waals surface area contributed by atoms with E-state index in [1.807, 2.05) is 18.2 Å². The Morgan fingerprint density at radius 3 is 2.47 bits per heavy atom. The van der Waals surface area contributed by atoms with Crippen LogP contribution in [0.25, 0.3) is 11.1 Å². The summed E-state index contributed by atoms with van der Waals surface area (Å²) in [5, 5.41) is 9.49. The maximum Gasteiger partial charge on any atom is 0.229 e. The summed E-state index contributed by atoms with van der Waals surface area (Å²) in [6.07, 6.45) is 5.49. The third-order valence-electron chi connectivity index (χ3n) is 5.73. The van der Waals surface area contributed by atoms with Crippen LogP contribution in [0.5, 0.6) is 0 Å². The van der Waals surface area contributed by atoms with Gasteiger partial charge in [0.15, 0.2) is 0 Å². The van der Waals surface area contributed by atoms with Crippen molar-refractivity contribution in [2.45, 2.75) is 31.6 Å². The first-order chi connectivity index (χ1) is 17.2. The van der Waals surface area contributed by atoms with Crippen molar-refractivity contribution in [1.82, 2.24) is 14.9 Å². The van der Waals surface area contributed by atoms with Crippen molar-refractivity contribution in [2.24, 2.45) is 0 Å². The number of anilines is 4. The molecule has 0 radical (unpaired) electrons. The van der Waals surface area contributed by atoms with Crippen LogP contribution in [-0.4, -0.2) is 64.4 Å². The minimum atomic E-state index is -2.35. The van der Waals surface area contributed by atoms with Gasteiger partial charge >= 0.3 is 0 Å². The van der Waals surface area contributed by atoms with Gasteiger partial charge in [0, 0.05) is 48.7 Å². The van der Waals surface area contributed by atoms with Crippen molar-refractivity contribution in [3.8, 4) is 11.1 Å². The van der Waals surface area contributed by atoms with Crippen LogP contribution in [0.3, 0.4) is 0 Å². The zero-order valence-electron chi connectivity index (χ0n) is 21.6. The monoisotopic (exact) mass is 512 g/mol. The molecule has 3 rings (SSSR count). The summed E-state index contributed by atoms with van der Waals surface area (Å²) in [7, 11) is -0.659. The summed E-state index contributed by atoms with van der Waals surface area (Å²) in [5.74, 6) is 4.42. The van der Waals surface area contributed by atoms with E-state index in [0.717, 1.165) is 32.5 Å². The van der Waals surface area contributed by atoms with Gasteiger partial charge in [-0.25, -0.2) is 9.37 Å². The van der Waals surface area contributed by atoms with Crippen LogP contribution >= 0.6 is 0 Å². The lowest BCUT2D eigenvalue weighted by atomic mass is 10.1. The zero-order chi connectivity index (χ0) is 26.1. The van der Waals surface area contributed by atoms with Crippen LogP contribution < -0.4 is 16.0 Å². The summed E-state index contributed by atoms with van der Waals surface area (Å²) >= 11 is 0. The van der Waals surface area contributed by atoms with Crippen LogP contribution in [-0.2, 0) is 9.52 Å². The Kier molecular flexibility index (Phi) is 9.66. The molecule has 2 aromatic carbocycles. The number of aromatic nitrogens is 2. The molecule has 0 fully saturated rings.